The van der Waals surface area contributed by atoms with Crippen LogP contribution in [0.4, 0.5) is 5.95 Å². The number of hydrogen-bond acceptors (Lipinski definition) is 5. The zero-order valence-electron chi connectivity index (χ0n) is 15.1. The first-order chi connectivity index (χ1) is 12.7. The van der Waals surface area contributed by atoms with Crippen molar-refractivity contribution in [1.29, 1.82) is 0 Å². The number of nitrogens with one attached hydrogen (secondary N) is 1. The van der Waals surface area contributed by atoms with E-state index in [0.29, 0.717) is 11.7 Å². The second-order valence-electron chi connectivity index (χ2n) is 7.18. The molecule has 0 bridgehead atoms. The van der Waals surface area contributed by atoms with Crippen LogP contribution in [0.1, 0.15) is 31.2 Å². The first kappa shape index (κ1) is 17.4. The van der Waals surface area contributed by atoms with Crippen LogP contribution in [0.3, 0.4) is 0 Å². The molecule has 0 unspecified atom stereocenters. The molecular weight excluding hydrogens is 346 g/mol. The van der Waals surface area contributed by atoms with Gasteiger partial charge in [-0.05, 0) is 50.7 Å². The van der Waals surface area contributed by atoms with Gasteiger partial charge in [-0.15, -0.1) is 10.2 Å². The third-order valence-corrected chi connectivity index (χ3v) is 5.84. The van der Waals surface area contributed by atoms with Gasteiger partial charge in [-0.25, -0.2) is 0 Å². The van der Waals surface area contributed by atoms with E-state index < -0.39 is 0 Å². The zero-order chi connectivity index (χ0) is 17.9. The van der Waals surface area contributed by atoms with Gasteiger partial charge in [-0.3, -0.25) is 9.36 Å². The molecular formula is C19H25N5OS. The minimum absolute atomic E-state index is 0.0723. The monoisotopic (exact) mass is 371 g/mol. The summed E-state index contributed by atoms with van der Waals surface area (Å²) in [7, 11) is 0. The molecule has 0 radical (unpaired) electrons. The molecule has 2 aromatic rings. The molecule has 0 atom stereocenters. The number of aryl methyl sites for hydroxylation is 1. The molecule has 1 amide bonds. The minimum atomic E-state index is 0.0723. The molecule has 2 heterocycles. The van der Waals surface area contributed by atoms with Crippen molar-refractivity contribution in [2.75, 3.05) is 30.3 Å². The van der Waals surface area contributed by atoms with Gasteiger partial charge in [0.05, 0.1) is 11.4 Å². The van der Waals surface area contributed by atoms with Crippen molar-refractivity contribution in [3.63, 3.8) is 0 Å². The maximum absolute atomic E-state index is 12.1. The Kier molecular flexibility index (Phi) is 5.15. The van der Waals surface area contributed by atoms with Crippen LogP contribution in [0, 0.1) is 12.8 Å². The molecule has 26 heavy (non-hydrogen) atoms. The van der Waals surface area contributed by atoms with Gasteiger partial charge in [-0.1, -0.05) is 29.5 Å². The predicted molar refractivity (Wildman–Crippen MR) is 104 cm³/mol. The van der Waals surface area contributed by atoms with Crippen LogP contribution in [-0.4, -0.2) is 46.1 Å². The average molecular weight is 372 g/mol. The molecule has 4 rings (SSSR count). The van der Waals surface area contributed by atoms with E-state index in [1.807, 2.05) is 0 Å². The topological polar surface area (TPSA) is 63.1 Å². The van der Waals surface area contributed by atoms with E-state index >= 15 is 0 Å². The number of hydrogen-bond donors (Lipinski definition) is 1. The first-order valence-electron chi connectivity index (χ1n) is 9.37. The van der Waals surface area contributed by atoms with Crippen LogP contribution in [0.2, 0.25) is 0 Å². The fraction of sp³-hybridized carbons (Fsp3) is 0.526. The summed E-state index contributed by atoms with van der Waals surface area (Å²) in [5, 5.41) is 12.6. The molecule has 7 heteroatoms. The van der Waals surface area contributed by atoms with Gasteiger partial charge < -0.3 is 10.2 Å². The van der Waals surface area contributed by atoms with E-state index in [4.69, 9.17) is 0 Å². The lowest BCUT2D eigenvalue weighted by atomic mass is 10.2. The Hall–Kier alpha value is -2.02. The van der Waals surface area contributed by atoms with E-state index in [0.717, 1.165) is 36.4 Å². The van der Waals surface area contributed by atoms with Crippen molar-refractivity contribution in [2.24, 2.45) is 5.92 Å². The maximum Gasteiger partial charge on any atom is 0.232 e. The molecule has 1 aliphatic heterocycles. The van der Waals surface area contributed by atoms with Crippen LogP contribution in [0.25, 0.3) is 5.69 Å². The molecule has 1 aromatic carbocycles. The summed E-state index contributed by atoms with van der Waals surface area (Å²) in [5.74, 6) is 2.02. The number of rotatable bonds is 7. The highest BCUT2D eigenvalue weighted by molar-refractivity contribution is 7.99. The van der Waals surface area contributed by atoms with Crippen molar-refractivity contribution in [3.05, 3.63) is 29.8 Å². The van der Waals surface area contributed by atoms with Gasteiger partial charge in [0.15, 0.2) is 5.16 Å². The predicted octanol–water partition coefficient (Wildman–Crippen LogP) is 2.79. The van der Waals surface area contributed by atoms with Gasteiger partial charge in [0.1, 0.15) is 0 Å². The number of benzene rings is 1. The molecule has 1 N–H and O–H groups in total. The average Bonchev–Trinajstić information content (AvgIpc) is 3.14. The van der Waals surface area contributed by atoms with Gasteiger partial charge in [0.25, 0.3) is 0 Å². The van der Waals surface area contributed by atoms with Crippen LogP contribution in [-0.2, 0) is 4.79 Å². The summed E-state index contributed by atoms with van der Waals surface area (Å²) in [6.45, 7) is 4.91. The molecule has 1 aromatic heterocycles. The summed E-state index contributed by atoms with van der Waals surface area (Å²) >= 11 is 1.46. The lowest BCUT2D eigenvalue weighted by Crippen LogP contribution is -2.27. The summed E-state index contributed by atoms with van der Waals surface area (Å²) in [5.41, 5.74) is 2.27. The summed E-state index contributed by atoms with van der Waals surface area (Å²) in [4.78, 5) is 14.4. The Labute approximate surface area is 158 Å². The Balaban J connectivity index is 1.52. The fourth-order valence-corrected chi connectivity index (χ4v) is 3.94. The maximum atomic E-state index is 12.1. The molecule has 6 nitrogen and oxygen atoms in total. The Morgan fingerprint density at radius 2 is 1.92 bits per heavy atom. The third kappa shape index (κ3) is 4.03. The third-order valence-electron chi connectivity index (χ3n) is 4.91. The molecule has 0 spiro atoms. The van der Waals surface area contributed by atoms with Crippen molar-refractivity contribution >= 4 is 23.6 Å². The number of carbonyl (C=O) groups is 1. The molecule has 1 aliphatic carbocycles. The zero-order valence-corrected chi connectivity index (χ0v) is 16.0. The molecule has 138 valence electrons. The van der Waals surface area contributed by atoms with Crippen molar-refractivity contribution in [1.82, 2.24) is 20.1 Å². The van der Waals surface area contributed by atoms with Crippen LogP contribution in [0.5, 0.6) is 0 Å². The van der Waals surface area contributed by atoms with Gasteiger partial charge in [0, 0.05) is 19.6 Å². The van der Waals surface area contributed by atoms with Gasteiger partial charge in [-0.2, -0.15) is 0 Å². The molecule has 1 saturated carbocycles. The van der Waals surface area contributed by atoms with E-state index in [9.17, 15) is 4.79 Å². The highest BCUT2D eigenvalue weighted by Gasteiger charge is 2.24. The second-order valence-corrected chi connectivity index (χ2v) is 8.13. The number of anilines is 1. The number of amides is 1. The van der Waals surface area contributed by atoms with E-state index in [1.54, 1.807) is 0 Å². The van der Waals surface area contributed by atoms with Crippen LogP contribution in [0.15, 0.2) is 29.4 Å². The lowest BCUT2D eigenvalue weighted by Gasteiger charge is -2.18. The Morgan fingerprint density at radius 3 is 2.62 bits per heavy atom. The van der Waals surface area contributed by atoms with Gasteiger partial charge >= 0.3 is 0 Å². The fourth-order valence-electron chi connectivity index (χ4n) is 3.16. The quantitative estimate of drug-likeness (QED) is 0.758. The van der Waals surface area contributed by atoms with Crippen molar-refractivity contribution < 1.29 is 4.79 Å². The second kappa shape index (κ2) is 7.70. The molecule has 2 aliphatic rings. The molecule has 2 fully saturated rings. The summed E-state index contributed by atoms with van der Waals surface area (Å²) < 4.78 is 2.09. The normalized spacial score (nSPS) is 16.9. The number of aromatic nitrogens is 3. The Bertz CT molecular complexity index is 763. The van der Waals surface area contributed by atoms with E-state index in [2.05, 4.69) is 56.2 Å². The van der Waals surface area contributed by atoms with E-state index in [1.165, 1.54) is 43.0 Å². The standard InChI is InChI=1S/C19H25N5OS/c1-14-4-8-16(9-5-14)24-18(23-10-2-3-11-23)21-22-19(24)26-13-17(25)20-12-15-6-7-15/h4-5,8-9,15H,2-3,6-7,10-13H2,1H3,(H,20,25). The number of thioether (sulfide) groups is 1. The number of carbonyl (C=O) groups excluding carboxylic acids is 1. The summed E-state index contributed by atoms with van der Waals surface area (Å²) in [6.07, 6.45) is 4.86. The highest BCUT2D eigenvalue weighted by atomic mass is 32.2. The van der Waals surface area contributed by atoms with Crippen molar-refractivity contribution in [3.8, 4) is 5.69 Å². The van der Waals surface area contributed by atoms with Crippen molar-refractivity contribution in [2.45, 2.75) is 37.8 Å². The highest BCUT2D eigenvalue weighted by Crippen LogP contribution is 2.29. The SMILES string of the molecule is Cc1ccc(-n2c(SCC(=O)NCC3CC3)nnc2N2CCCC2)cc1. The van der Waals surface area contributed by atoms with E-state index in [-0.39, 0.29) is 5.91 Å². The van der Waals surface area contributed by atoms with Gasteiger partial charge in [0.2, 0.25) is 11.9 Å². The first-order valence-corrected chi connectivity index (χ1v) is 10.4. The number of nitrogens with zero attached hydrogens (tertiary/aromatic N) is 4. The van der Waals surface area contributed by atoms with Crippen LogP contribution < -0.4 is 10.2 Å². The lowest BCUT2D eigenvalue weighted by molar-refractivity contribution is -0.118. The minimum Gasteiger partial charge on any atom is -0.355 e. The van der Waals surface area contributed by atoms with Crippen LogP contribution >= 0.6 is 11.8 Å². The summed E-state index contributed by atoms with van der Waals surface area (Å²) in [6, 6.07) is 8.38. The molecule has 1 saturated heterocycles. The Morgan fingerprint density at radius 1 is 1.19 bits per heavy atom. The smallest absolute Gasteiger partial charge is 0.232 e. The largest absolute Gasteiger partial charge is 0.355 e.